The van der Waals surface area contributed by atoms with Gasteiger partial charge >= 0.3 is 0 Å². The van der Waals surface area contributed by atoms with Crippen LogP contribution in [0.1, 0.15) is 54.0 Å². The van der Waals surface area contributed by atoms with Crippen LogP contribution in [0.5, 0.6) is 0 Å². The second kappa shape index (κ2) is 5.74. The number of rotatable bonds is 1. The van der Waals surface area contributed by atoms with Gasteiger partial charge in [-0.05, 0) is 17.4 Å². The average molecular weight is 212 g/mol. The molecule has 0 amide bonds. The van der Waals surface area contributed by atoms with Crippen molar-refractivity contribution in [3.05, 3.63) is 30.1 Å². The molecule has 0 aliphatic carbocycles. The van der Waals surface area contributed by atoms with E-state index in [0.29, 0.717) is 5.92 Å². The molecule has 2 nitrogen and oxygen atoms in total. The minimum atomic E-state index is 0. The van der Waals surface area contributed by atoms with Crippen LogP contribution in [0, 0.1) is 5.41 Å². The van der Waals surface area contributed by atoms with Gasteiger partial charge in [0.25, 0.3) is 0 Å². The quantitative estimate of drug-likeness (QED) is 0.558. The van der Waals surface area contributed by atoms with E-state index in [4.69, 9.17) is 0 Å². The molecule has 0 aliphatic heterocycles. The maximum Gasteiger partial charge on any atom is 0.225 e. The Labute approximate surface area is 94.5 Å². The Morgan fingerprint density at radius 2 is 1.80 bits per heavy atom. The third-order valence-electron chi connectivity index (χ3n) is 2.61. The maximum absolute atomic E-state index is 9.24. The third-order valence-corrected chi connectivity index (χ3v) is 2.61. The monoisotopic (exact) mass is 212 g/mol. The van der Waals surface area contributed by atoms with Gasteiger partial charge in [0.15, 0.2) is 0 Å². The number of aromatic nitrogens is 1. The molecular weight excluding hydrogens is 186 g/mol. The second-order valence-electron chi connectivity index (χ2n) is 4.61. The number of pyridine rings is 1. The summed E-state index contributed by atoms with van der Waals surface area (Å²) in [5.74, 6) is 0.437. The van der Waals surface area contributed by atoms with Crippen molar-refractivity contribution in [3.63, 3.8) is 0 Å². The van der Waals surface area contributed by atoms with E-state index in [1.165, 1.54) is 0 Å². The normalized spacial score (nSPS) is 12.3. The lowest BCUT2D eigenvalue weighted by Crippen LogP contribution is -2.30. The minimum absolute atomic E-state index is 0. The molecule has 88 valence electrons. The summed E-state index contributed by atoms with van der Waals surface area (Å²) in [6.45, 7) is 8.78. The van der Waals surface area contributed by atoms with E-state index in [9.17, 15) is 5.21 Å². The molecule has 1 heterocycles. The van der Waals surface area contributed by atoms with Crippen LogP contribution < -0.4 is 4.73 Å². The van der Waals surface area contributed by atoms with Gasteiger partial charge in [-0.15, -0.1) is 0 Å². The van der Waals surface area contributed by atoms with Gasteiger partial charge in [0.2, 0.25) is 12.4 Å². The first-order chi connectivity index (χ1) is 5.91. The van der Waals surface area contributed by atoms with Gasteiger partial charge in [-0.25, -0.2) is 0 Å². The van der Waals surface area contributed by atoms with Gasteiger partial charge in [-0.2, -0.15) is 0 Å². The van der Waals surface area contributed by atoms with Crippen molar-refractivity contribution in [1.29, 1.82) is 0 Å². The standard InChI is InChI=1S/C11H18NO.2CH4/c1-9(11(2,3)4)10-6-5-7-12(13)8-10;;/h5-9,13H,1-4H3;2*1H4/q+1;;. The van der Waals surface area contributed by atoms with E-state index in [-0.39, 0.29) is 20.3 Å². The predicted octanol–water partition coefficient (Wildman–Crippen LogP) is 3.63. The molecule has 1 unspecified atom stereocenters. The van der Waals surface area contributed by atoms with Gasteiger partial charge in [0, 0.05) is 16.4 Å². The van der Waals surface area contributed by atoms with E-state index in [1.807, 2.05) is 12.1 Å². The van der Waals surface area contributed by atoms with Crippen LogP contribution in [0.4, 0.5) is 0 Å². The van der Waals surface area contributed by atoms with E-state index >= 15 is 0 Å². The molecule has 1 aromatic heterocycles. The Bertz CT molecular complexity index is 289. The summed E-state index contributed by atoms with van der Waals surface area (Å²) in [5, 5.41) is 9.24. The van der Waals surface area contributed by atoms with Gasteiger partial charge in [-0.3, -0.25) is 5.21 Å². The fourth-order valence-corrected chi connectivity index (χ4v) is 1.24. The first-order valence-electron chi connectivity index (χ1n) is 4.62. The number of hydrogen-bond acceptors (Lipinski definition) is 1. The Kier molecular flexibility index (Phi) is 6.27. The lowest BCUT2D eigenvalue weighted by atomic mass is 9.78. The van der Waals surface area contributed by atoms with Crippen LogP contribution >= 0.6 is 0 Å². The molecular formula is C13H26NO+. The van der Waals surface area contributed by atoms with Crippen molar-refractivity contribution in [3.8, 4) is 0 Å². The molecule has 0 bridgehead atoms. The van der Waals surface area contributed by atoms with Gasteiger partial charge < -0.3 is 0 Å². The molecule has 0 radical (unpaired) electrons. The molecule has 0 fully saturated rings. The predicted molar refractivity (Wildman–Crippen MR) is 65.2 cm³/mol. The van der Waals surface area contributed by atoms with Crippen LogP contribution in [0.25, 0.3) is 0 Å². The Hall–Kier alpha value is -1.05. The highest BCUT2D eigenvalue weighted by molar-refractivity contribution is 5.13. The van der Waals surface area contributed by atoms with Crippen molar-refractivity contribution < 1.29 is 9.94 Å². The van der Waals surface area contributed by atoms with E-state index < -0.39 is 0 Å². The highest BCUT2D eigenvalue weighted by atomic mass is 16.5. The summed E-state index contributed by atoms with van der Waals surface area (Å²) in [5.41, 5.74) is 1.39. The lowest BCUT2D eigenvalue weighted by molar-refractivity contribution is -0.905. The van der Waals surface area contributed by atoms with Gasteiger partial charge in [-0.1, -0.05) is 42.5 Å². The summed E-state index contributed by atoms with van der Waals surface area (Å²) in [6, 6.07) is 3.90. The van der Waals surface area contributed by atoms with Crippen LogP contribution in [0.3, 0.4) is 0 Å². The fourth-order valence-electron chi connectivity index (χ4n) is 1.24. The molecule has 2 heteroatoms. The van der Waals surface area contributed by atoms with Crippen molar-refractivity contribution in [2.45, 2.75) is 48.5 Å². The van der Waals surface area contributed by atoms with E-state index in [1.54, 1.807) is 12.4 Å². The summed E-state index contributed by atoms with van der Waals surface area (Å²) in [7, 11) is 0. The molecule has 0 saturated heterocycles. The smallest absolute Gasteiger partial charge is 0.225 e. The average Bonchev–Trinajstić information content (AvgIpc) is 2.01. The summed E-state index contributed by atoms with van der Waals surface area (Å²) < 4.78 is 1.11. The first kappa shape index (κ1) is 16.4. The Morgan fingerprint density at radius 1 is 1.27 bits per heavy atom. The lowest BCUT2D eigenvalue weighted by Gasteiger charge is -2.26. The fraction of sp³-hybridized carbons (Fsp3) is 0.615. The molecule has 0 aliphatic rings. The maximum atomic E-state index is 9.24. The molecule has 1 aromatic rings. The third kappa shape index (κ3) is 4.32. The molecule has 0 spiro atoms. The van der Waals surface area contributed by atoms with Crippen LogP contribution in [0.2, 0.25) is 0 Å². The highest BCUT2D eigenvalue weighted by Gasteiger charge is 2.23. The van der Waals surface area contributed by atoms with Crippen molar-refractivity contribution in [2.24, 2.45) is 5.41 Å². The zero-order valence-electron chi connectivity index (χ0n) is 8.78. The largest absolute Gasteiger partial charge is 0.285 e. The highest BCUT2D eigenvalue weighted by Crippen LogP contribution is 2.33. The topological polar surface area (TPSA) is 24.1 Å². The Balaban J connectivity index is 0. The van der Waals surface area contributed by atoms with E-state index in [2.05, 4.69) is 27.7 Å². The van der Waals surface area contributed by atoms with Crippen molar-refractivity contribution in [1.82, 2.24) is 0 Å². The second-order valence-corrected chi connectivity index (χ2v) is 4.61. The molecule has 0 saturated carbocycles. The minimum Gasteiger partial charge on any atom is -0.285 e. The number of hydrogen-bond donors (Lipinski definition) is 1. The molecule has 15 heavy (non-hydrogen) atoms. The van der Waals surface area contributed by atoms with Crippen LogP contribution in [-0.2, 0) is 0 Å². The van der Waals surface area contributed by atoms with Gasteiger partial charge in [0.1, 0.15) is 0 Å². The molecule has 1 atom stereocenters. The summed E-state index contributed by atoms with van der Waals surface area (Å²) in [6.07, 6.45) is 3.38. The number of nitrogens with zero attached hydrogens (tertiary/aromatic N) is 1. The zero-order chi connectivity index (χ0) is 10.1. The SMILES string of the molecule is C.C.CC(c1ccc[n+](O)c1)C(C)(C)C. The van der Waals surface area contributed by atoms with Gasteiger partial charge in [0.05, 0.1) is 0 Å². The molecule has 1 N–H and O–H groups in total. The van der Waals surface area contributed by atoms with Crippen molar-refractivity contribution in [2.75, 3.05) is 0 Å². The van der Waals surface area contributed by atoms with Crippen molar-refractivity contribution >= 4 is 0 Å². The zero-order valence-corrected chi connectivity index (χ0v) is 8.78. The summed E-state index contributed by atoms with van der Waals surface area (Å²) >= 11 is 0. The van der Waals surface area contributed by atoms with Crippen LogP contribution in [-0.4, -0.2) is 5.21 Å². The Morgan fingerprint density at radius 3 is 2.20 bits per heavy atom. The first-order valence-corrected chi connectivity index (χ1v) is 4.62. The molecule has 1 rings (SSSR count). The summed E-state index contributed by atoms with van der Waals surface area (Å²) in [4.78, 5) is 0. The van der Waals surface area contributed by atoms with Crippen LogP contribution in [0.15, 0.2) is 24.5 Å². The molecule has 0 aromatic carbocycles. The van der Waals surface area contributed by atoms with E-state index in [0.717, 1.165) is 10.3 Å².